The van der Waals surface area contributed by atoms with Crippen molar-refractivity contribution in [2.45, 2.75) is 58.3 Å². The van der Waals surface area contributed by atoms with Gasteiger partial charge in [0.1, 0.15) is 22.3 Å². The van der Waals surface area contributed by atoms with Crippen LogP contribution in [0.1, 0.15) is 54.4 Å². The first kappa shape index (κ1) is 22.3. The summed E-state index contributed by atoms with van der Waals surface area (Å²) in [5, 5.41) is 1.26. The molecule has 5 rings (SSSR count). The van der Waals surface area contributed by atoms with Crippen LogP contribution in [0, 0.1) is 5.82 Å². The maximum absolute atomic E-state index is 13.2. The highest BCUT2D eigenvalue weighted by Gasteiger charge is 2.27. The lowest BCUT2D eigenvalue weighted by Gasteiger charge is -2.36. The summed E-state index contributed by atoms with van der Waals surface area (Å²) in [5.74, 6) is 1.86. The second-order valence-corrected chi connectivity index (χ2v) is 10.2. The zero-order chi connectivity index (χ0) is 22.8. The lowest BCUT2D eigenvalue weighted by molar-refractivity contribution is -0.130. The molecule has 3 aromatic rings. The molecule has 0 unspecified atom stereocenters. The van der Waals surface area contributed by atoms with Crippen LogP contribution < -0.4 is 4.90 Å². The third-order valence-corrected chi connectivity index (χ3v) is 7.98. The molecule has 1 aliphatic carbocycles. The van der Waals surface area contributed by atoms with Crippen LogP contribution >= 0.6 is 11.3 Å². The molecule has 2 aromatic heterocycles. The van der Waals surface area contributed by atoms with Gasteiger partial charge in [-0.2, -0.15) is 0 Å². The van der Waals surface area contributed by atoms with Gasteiger partial charge < -0.3 is 9.80 Å². The van der Waals surface area contributed by atoms with Gasteiger partial charge in [-0.05, 0) is 55.4 Å². The SMILES string of the molecule is CCCCc1nc(N2CCN(C(=O)Cc3ccc(F)cc3)CC2)c2c3c(sc2n1)CCCC3. The Kier molecular flexibility index (Phi) is 6.58. The second kappa shape index (κ2) is 9.75. The van der Waals surface area contributed by atoms with Gasteiger partial charge in [-0.3, -0.25) is 4.79 Å². The van der Waals surface area contributed by atoms with Gasteiger partial charge in [0.25, 0.3) is 0 Å². The van der Waals surface area contributed by atoms with Crippen LogP contribution in [0.25, 0.3) is 10.2 Å². The molecule has 0 spiro atoms. The van der Waals surface area contributed by atoms with Crippen molar-refractivity contribution in [3.63, 3.8) is 0 Å². The van der Waals surface area contributed by atoms with Crippen molar-refractivity contribution in [1.82, 2.24) is 14.9 Å². The van der Waals surface area contributed by atoms with Gasteiger partial charge >= 0.3 is 0 Å². The third-order valence-electron chi connectivity index (χ3n) is 6.80. The summed E-state index contributed by atoms with van der Waals surface area (Å²) in [6.07, 6.45) is 8.24. The Morgan fingerprint density at radius 1 is 1.06 bits per heavy atom. The van der Waals surface area contributed by atoms with Crippen LogP contribution in [0.4, 0.5) is 10.2 Å². The monoisotopic (exact) mass is 466 g/mol. The van der Waals surface area contributed by atoms with Crippen LogP contribution in [-0.2, 0) is 30.5 Å². The van der Waals surface area contributed by atoms with E-state index in [1.165, 1.54) is 40.8 Å². The standard InChI is InChI=1S/C26H31FN4OS/c1-2-3-8-22-28-25(24-20-6-4-5-7-21(20)33-26(24)29-22)31-15-13-30(14-16-31)23(32)17-18-9-11-19(27)12-10-18/h9-12H,2-8,13-17H2,1H3. The van der Waals surface area contributed by atoms with E-state index in [0.717, 1.165) is 67.2 Å². The number of unbranched alkanes of at least 4 members (excludes halogenated alkanes) is 1. The van der Waals surface area contributed by atoms with Gasteiger partial charge in [-0.1, -0.05) is 25.5 Å². The summed E-state index contributed by atoms with van der Waals surface area (Å²) in [7, 11) is 0. The summed E-state index contributed by atoms with van der Waals surface area (Å²) in [4.78, 5) is 29.8. The molecule has 7 heteroatoms. The molecule has 174 valence electrons. The Balaban J connectivity index is 1.35. The fourth-order valence-electron chi connectivity index (χ4n) is 4.91. The Morgan fingerprint density at radius 3 is 2.58 bits per heavy atom. The van der Waals surface area contributed by atoms with E-state index in [9.17, 15) is 9.18 Å². The number of thiophene rings is 1. The van der Waals surface area contributed by atoms with Gasteiger partial charge in [-0.15, -0.1) is 11.3 Å². The number of aromatic nitrogens is 2. The highest BCUT2D eigenvalue weighted by Crippen LogP contribution is 2.40. The third kappa shape index (κ3) is 4.74. The van der Waals surface area contributed by atoms with Crippen LogP contribution in [-0.4, -0.2) is 47.0 Å². The zero-order valence-electron chi connectivity index (χ0n) is 19.3. The summed E-state index contributed by atoms with van der Waals surface area (Å²) in [6.45, 7) is 5.12. The van der Waals surface area contributed by atoms with E-state index in [1.54, 1.807) is 12.1 Å². The molecule has 0 bridgehead atoms. The first-order valence-electron chi connectivity index (χ1n) is 12.2. The van der Waals surface area contributed by atoms with Crippen molar-refractivity contribution in [1.29, 1.82) is 0 Å². The first-order valence-corrected chi connectivity index (χ1v) is 13.0. The number of carbonyl (C=O) groups excluding carboxylic acids is 1. The van der Waals surface area contributed by atoms with E-state index < -0.39 is 0 Å². The average Bonchev–Trinajstić information content (AvgIpc) is 3.22. The molecule has 0 saturated carbocycles. The predicted octanol–water partition coefficient (Wildman–Crippen LogP) is 4.94. The van der Waals surface area contributed by atoms with Crippen molar-refractivity contribution in [2.24, 2.45) is 0 Å². The molecule has 3 heterocycles. The molecule has 1 aliphatic heterocycles. The number of carbonyl (C=O) groups is 1. The number of nitrogens with zero attached hydrogens (tertiary/aromatic N) is 4. The highest BCUT2D eigenvalue weighted by atomic mass is 32.1. The van der Waals surface area contributed by atoms with E-state index >= 15 is 0 Å². The number of benzene rings is 1. The maximum Gasteiger partial charge on any atom is 0.227 e. The van der Waals surface area contributed by atoms with Crippen LogP contribution in [0.2, 0.25) is 0 Å². The topological polar surface area (TPSA) is 49.3 Å². The maximum atomic E-state index is 13.2. The normalized spacial score (nSPS) is 16.3. The number of hydrogen-bond donors (Lipinski definition) is 0. The van der Waals surface area contributed by atoms with Crippen molar-refractivity contribution in [3.8, 4) is 0 Å². The van der Waals surface area contributed by atoms with E-state index in [2.05, 4.69) is 11.8 Å². The fraction of sp³-hybridized carbons (Fsp3) is 0.500. The average molecular weight is 467 g/mol. The van der Waals surface area contributed by atoms with Crippen molar-refractivity contribution in [3.05, 3.63) is 51.9 Å². The molecular formula is C26H31FN4OS. The molecule has 33 heavy (non-hydrogen) atoms. The number of amides is 1. The Labute approximate surface area is 198 Å². The van der Waals surface area contributed by atoms with Crippen LogP contribution in [0.5, 0.6) is 0 Å². The van der Waals surface area contributed by atoms with E-state index in [4.69, 9.17) is 9.97 Å². The number of fused-ring (bicyclic) bond motifs is 3. The molecule has 0 N–H and O–H groups in total. The quantitative estimate of drug-likeness (QED) is 0.516. The minimum absolute atomic E-state index is 0.102. The van der Waals surface area contributed by atoms with Gasteiger partial charge in [0.05, 0.1) is 11.8 Å². The smallest absolute Gasteiger partial charge is 0.227 e. The van der Waals surface area contributed by atoms with Crippen LogP contribution in [0.15, 0.2) is 24.3 Å². The van der Waals surface area contributed by atoms with Crippen LogP contribution in [0.3, 0.4) is 0 Å². The highest BCUT2D eigenvalue weighted by molar-refractivity contribution is 7.19. The number of anilines is 1. The van der Waals surface area contributed by atoms with Gasteiger partial charge in [-0.25, -0.2) is 14.4 Å². The minimum Gasteiger partial charge on any atom is -0.352 e. The van der Waals surface area contributed by atoms with Gasteiger partial charge in [0, 0.05) is 37.5 Å². The molecule has 1 fully saturated rings. The van der Waals surface area contributed by atoms with Crippen molar-refractivity contribution < 1.29 is 9.18 Å². The summed E-state index contributed by atoms with van der Waals surface area (Å²) in [6, 6.07) is 6.22. The Hall–Kier alpha value is -2.54. The molecule has 1 aromatic carbocycles. The first-order chi connectivity index (χ1) is 16.1. The number of halogens is 1. The molecule has 5 nitrogen and oxygen atoms in total. The second-order valence-electron chi connectivity index (χ2n) is 9.13. The number of piperazine rings is 1. The number of rotatable bonds is 6. The molecule has 0 radical (unpaired) electrons. The predicted molar refractivity (Wildman–Crippen MR) is 132 cm³/mol. The van der Waals surface area contributed by atoms with E-state index in [-0.39, 0.29) is 11.7 Å². The molecule has 1 amide bonds. The van der Waals surface area contributed by atoms with Gasteiger partial charge in [0.15, 0.2) is 0 Å². The zero-order valence-corrected chi connectivity index (χ0v) is 20.1. The molecular weight excluding hydrogens is 435 g/mol. The van der Waals surface area contributed by atoms with E-state index in [1.807, 2.05) is 16.2 Å². The summed E-state index contributed by atoms with van der Waals surface area (Å²) in [5.41, 5.74) is 2.32. The lowest BCUT2D eigenvalue weighted by atomic mass is 9.96. The largest absolute Gasteiger partial charge is 0.352 e. The summed E-state index contributed by atoms with van der Waals surface area (Å²) < 4.78 is 13.2. The number of aryl methyl sites for hydroxylation is 3. The molecule has 2 aliphatic rings. The Bertz CT molecular complexity index is 1140. The minimum atomic E-state index is -0.273. The molecule has 0 atom stereocenters. The number of hydrogen-bond acceptors (Lipinski definition) is 5. The fourth-order valence-corrected chi connectivity index (χ4v) is 6.19. The van der Waals surface area contributed by atoms with Crippen molar-refractivity contribution in [2.75, 3.05) is 31.1 Å². The van der Waals surface area contributed by atoms with Gasteiger partial charge in [0.2, 0.25) is 5.91 Å². The lowest BCUT2D eigenvalue weighted by Crippen LogP contribution is -2.49. The summed E-state index contributed by atoms with van der Waals surface area (Å²) >= 11 is 1.86. The molecule has 1 saturated heterocycles. The Morgan fingerprint density at radius 2 is 1.82 bits per heavy atom. The van der Waals surface area contributed by atoms with Crippen molar-refractivity contribution >= 4 is 33.3 Å². The van der Waals surface area contributed by atoms with E-state index in [0.29, 0.717) is 19.5 Å².